The molecule has 0 radical (unpaired) electrons. The molecule has 2 rings (SSSR count). The molecule has 92 valence electrons. The molecule has 0 bridgehead atoms. The van der Waals surface area contributed by atoms with Crippen LogP contribution in [0.15, 0.2) is 40.4 Å². The first-order valence-electron chi connectivity index (χ1n) is 6.14. The van der Waals surface area contributed by atoms with Gasteiger partial charge in [0, 0.05) is 10.5 Å². The number of hydrogen-bond donors (Lipinski definition) is 1. The van der Waals surface area contributed by atoms with E-state index in [9.17, 15) is 0 Å². The highest BCUT2D eigenvalue weighted by atomic mass is 79.9. The van der Waals surface area contributed by atoms with Gasteiger partial charge < -0.3 is 5.73 Å². The largest absolute Gasteiger partial charge is 0.324 e. The van der Waals surface area contributed by atoms with E-state index in [2.05, 4.69) is 60.1 Å². The van der Waals surface area contributed by atoms with Crippen molar-refractivity contribution < 1.29 is 0 Å². The predicted molar refractivity (Wildman–Crippen MR) is 76.9 cm³/mol. The topological polar surface area (TPSA) is 26.0 Å². The average Bonchev–Trinajstić information content (AvgIpc) is 2.13. The highest BCUT2D eigenvalue weighted by molar-refractivity contribution is 9.10. The molecule has 1 aromatic carbocycles. The maximum absolute atomic E-state index is 6.10. The Hall–Kier alpha value is -0.600. The van der Waals surface area contributed by atoms with Gasteiger partial charge in [-0.2, -0.15) is 0 Å². The van der Waals surface area contributed by atoms with E-state index in [0.29, 0.717) is 5.41 Å². The standard InChI is InChI=1S/C15H20BrN/c1-15(2)9-12(8-14(17)10-15)6-11-4-3-5-13(16)7-11/h3-5,7-8,14H,6,9-10,17H2,1-2H3. The van der Waals surface area contributed by atoms with E-state index in [1.165, 1.54) is 11.1 Å². The summed E-state index contributed by atoms with van der Waals surface area (Å²) in [6, 6.07) is 8.75. The summed E-state index contributed by atoms with van der Waals surface area (Å²) < 4.78 is 1.15. The van der Waals surface area contributed by atoms with Crippen molar-refractivity contribution in [3.8, 4) is 0 Å². The SMILES string of the molecule is CC1(C)CC(Cc2cccc(Br)c2)=CC(N)C1. The molecule has 0 heterocycles. The van der Waals surface area contributed by atoms with Crippen molar-refractivity contribution in [2.24, 2.45) is 11.1 Å². The molecule has 1 aliphatic carbocycles. The lowest BCUT2D eigenvalue weighted by molar-refractivity contribution is 0.299. The molecule has 1 unspecified atom stereocenters. The Balaban J connectivity index is 2.14. The number of hydrogen-bond acceptors (Lipinski definition) is 1. The van der Waals surface area contributed by atoms with Gasteiger partial charge in [0.05, 0.1) is 0 Å². The minimum atomic E-state index is 0.223. The Kier molecular flexibility index (Phi) is 3.74. The van der Waals surface area contributed by atoms with Gasteiger partial charge in [0.15, 0.2) is 0 Å². The third kappa shape index (κ3) is 3.68. The monoisotopic (exact) mass is 293 g/mol. The molecule has 17 heavy (non-hydrogen) atoms. The van der Waals surface area contributed by atoms with E-state index in [1.807, 2.05) is 0 Å². The van der Waals surface area contributed by atoms with Crippen LogP contribution in [0.3, 0.4) is 0 Å². The molecule has 2 heteroatoms. The second-order valence-corrected chi connectivity index (χ2v) is 6.76. The van der Waals surface area contributed by atoms with Gasteiger partial charge in [0.1, 0.15) is 0 Å². The molecule has 1 nitrogen and oxygen atoms in total. The Morgan fingerprint density at radius 2 is 2.18 bits per heavy atom. The van der Waals surface area contributed by atoms with Crippen LogP contribution in [0, 0.1) is 5.41 Å². The fraction of sp³-hybridized carbons (Fsp3) is 0.467. The number of benzene rings is 1. The summed E-state index contributed by atoms with van der Waals surface area (Å²) in [5, 5.41) is 0. The first kappa shape index (κ1) is 12.8. The number of allylic oxidation sites excluding steroid dienone is 1. The van der Waals surface area contributed by atoms with Crippen LogP contribution in [0.4, 0.5) is 0 Å². The second kappa shape index (κ2) is 4.95. The first-order chi connectivity index (χ1) is 7.94. The van der Waals surface area contributed by atoms with Crippen molar-refractivity contribution in [1.29, 1.82) is 0 Å². The summed E-state index contributed by atoms with van der Waals surface area (Å²) in [5.41, 5.74) is 9.28. The van der Waals surface area contributed by atoms with E-state index in [0.717, 1.165) is 23.7 Å². The lowest BCUT2D eigenvalue weighted by Crippen LogP contribution is -2.31. The van der Waals surface area contributed by atoms with E-state index >= 15 is 0 Å². The molecule has 0 aliphatic heterocycles. The van der Waals surface area contributed by atoms with Gasteiger partial charge in [-0.25, -0.2) is 0 Å². The maximum atomic E-state index is 6.10. The van der Waals surface area contributed by atoms with Crippen LogP contribution < -0.4 is 5.73 Å². The van der Waals surface area contributed by atoms with Crippen molar-refractivity contribution >= 4 is 15.9 Å². The zero-order valence-electron chi connectivity index (χ0n) is 10.5. The molecular formula is C15H20BrN. The summed E-state index contributed by atoms with van der Waals surface area (Å²) >= 11 is 3.52. The molecule has 0 saturated carbocycles. The van der Waals surface area contributed by atoms with Gasteiger partial charge in [0.2, 0.25) is 0 Å². The number of halogens is 1. The van der Waals surface area contributed by atoms with Crippen molar-refractivity contribution in [2.75, 3.05) is 0 Å². The van der Waals surface area contributed by atoms with Crippen LogP contribution in [0.2, 0.25) is 0 Å². The van der Waals surface area contributed by atoms with Crippen LogP contribution in [0.5, 0.6) is 0 Å². The predicted octanol–water partition coefficient (Wildman–Crippen LogP) is 4.07. The van der Waals surface area contributed by atoms with Crippen molar-refractivity contribution in [1.82, 2.24) is 0 Å². The smallest absolute Gasteiger partial charge is 0.0231 e. The fourth-order valence-corrected chi connectivity index (χ4v) is 3.22. The van der Waals surface area contributed by atoms with Gasteiger partial charge in [-0.05, 0) is 42.4 Å². The van der Waals surface area contributed by atoms with Crippen LogP contribution in [0.1, 0.15) is 32.3 Å². The molecule has 0 spiro atoms. The molecule has 0 aromatic heterocycles. The second-order valence-electron chi connectivity index (χ2n) is 5.84. The third-order valence-electron chi connectivity index (χ3n) is 3.26. The highest BCUT2D eigenvalue weighted by Gasteiger charge is 2.26. The van der Waals surface area contributed by atoms with E-state index in [1.54, 1.807) is 0 Å². The van der Waals surface area contributed by atoms with Gasteiger partial charge in [-0.1, -0.05) is 53.6 Å². The molecule has 0 saturated heterocycles. The number of rotatable bonds is 2. The zero-order valence-corrected chi connectivity index (χ0v) is 12.1. The molecule has 1 aromatic rings. The molecule has 2 N–H and O–H groups in total. The van der Waals surface area contributed by atoms with Gasteiger partial charge in [0.25, 0.3) is 0 Å². The Morgan fingerprint density at radius 1 is 1.41 bits per heavy atom. The lowest BCUT2D eigenvalue weighted by atomic mass is 9.74. The van der Waals surface area contributed by atoms with Crippen molar-refractivity contribution in [3.63, 3.8) is 0 Å². The molecular weight excluding hydrogens is 274 g/mol. The van der Waals surface area contributed by atoms with Crippen LogP contribution in [-0.4, -0.2) is 6.04 Å². The minimum absolute atomic E-state index is 0.223. The maximum Gasteiger partial charge on any atom is 0.0231 e. The third-order valence-corrected chi connectivity index (χ3v) is 3.76. The average molecular weight is 294 g/mol. The Labute approximate surface area is 112 Å². The van der Waals surface area contributed by atoms with Gasteiger partial charge >= 0.3 is 0 Å². The quantitative estimate of drug-likeness (QED) is 0.818. The molecule has 0 amide bonds. The first-order valence-corrected chi connectivity index (χ1v) is 6.93. The summed E-state index contributed by atoms with van der Waals surface area (Å²) in [5.74, 6) is 0. The summed E-state index contributed by atoms with van der Waals surface area (Å²) in [7, 11) is 0. The van der Waals surface area contributed by atoms with Crippen molar-refractivity contribution in [3.05, 3.63) is 46.0 Å². The minimum Gasteiger partial charge on any atom is -0.324 e. The van der Waals surface area contributed by atoms with Crippen molar-refractivity contribution in [2.45, 2.75) is 39.2 Å². The van der Waals surface area contributed by atoms with Gasteiger partial charge in [-0.3, -0.25) is 0 Å². The number of nitrogens with two attached hydrogens (primary N) is 1. The van der Waals surface area contributed by atoms with Crippen LogP contribution in [-0.2, 0) is 6.42 Å². The molecule has 0 fully saturated rings. The van der Waals surface area contributed by atoms with Crippen LogP contribution in [0.25, 0.3) is 0 Å². The molecule has 1 aliphatic rings. The zero-order chi connectivity index (χ0) is 12.5. The lowest BCUT2D eigenvalue weighted by Gasteiger charge is -2.33. The normalized spacial score (nSPS) is 23.3. The van der Waals surface area contributed by atoms with Crippen LogP contribution >= 0.6 is 15.9 Å². The van der Waals surface area contributed by atoms with E-state index < -0.39 is 0 Å². The summed E-state index contributed by atoms with van der Waals surface area (Å²) in [6.07, 6.45) is 5.53. The Morgan fingerprint density at radius 3 is 2.82 bits per heavy atom. The molecule has 1 atom stereocenters. The summed E-state index contributed by atoms with van der Waals surface area (Å²) in [4.78, 5) is 0. The Bertz CT molecular complexity index is 434. The fourth-order valence-electron chi connectivity index (χ4n) is 2.78. The highest BCUT2D eigenvalue weighted by Crippen LogP contribution is 2.36. The van der Waals surface area contributed by atoms with E-state index in [4.69, 9.17) is 5.73 Å². The summed E-state index contributed by atoms with van der Waals surface area (Å²) in [6.45, 7) is 4.61. The van der Waals surface area contributed by atoms with Gasteiger partial charge in [-0.15, -0.1) is 0 Å². The van der Waals surface area contributed by atoms with E-state index in [-0.39, 0.29) is 6.04 Å².